The third-order valence-electron chi connectivity index (χ3n) is 3.07. The predicted octanol–water partition coefficient (Wildman–Crippen LogP) is 0.817. The molecule has 5 heteroatoms. The number of hydrogen-bond donors (Lipinski definition) is 1. The lowest BCUT2D eigenvalue weighted by molar-refractivity contribution is -0.177. The maximum absolute atomic E-state index is 12.0. The Bertz CT molecular complexity index is 320. The van der Waals surface area contributed by atoms with Crippen molar-refractivity contribution in [2.45, 2.75) is 19.3 Å². The Morgan fingerprint density at radius 1 is 1.25 bits per heavy atom. The molecule has 0 radical (unpaired) electrons. The minimum absolute atomic E-state index is 0.186. The molecule has 0 saturated carbocycles. The summed E-state index contributed by atoms with van der Waals surface area (Å²) in [6.07, 6.45) is 5.45. The van der Waals surface area contributed by atoms with Crippen LogP contribution in [0.25, 0.3) is 0 Å². The molecule has 5 nitrogen and oxygen atoms in total. The molecule has 2 atom stereocenters. The van der Waals surface area contributed by atoms with E-state index in [1.165, 1.54) is 5.06 Å². The number of carboxylic acid groups (broad SMARTS) is 1. The van der Waals surface area contributed by atoms with Crippen LogP contribution in [0.3, 0.4) is 0 Å². The summed E-state index contributed by atoms with van der Waals surface area (Å²) in [5, 5.41) is 10.4. The third kappa shape index (κ3) is 2.09. The minimum atomic E-state index is -0.901. The number of rotatable bonds is 2. The normalized spacial score (nSPS) is 29.4. The van der Waals surface area contributed by atoms with E-state index >= 15 is 0 Å². The van der Waals surface area contributed by atoms with E-state index in [-0.39, 0.29) is 5.91 Å². The molecule has 2 rings (SSSR count). The summed E-state index contributed by atoms with van der Waals surface area (Å²) in [6.45, 7) is 1.12. The number of hydrogen-bond acceptors (Lipinski definition) is 3. The largest absolute Gasteiger partial charge is 0.481 e. The van der Waals surface area contributed by atoms with Crippen LogP contribution in [0.2, 0.25) is 0 Å². The lowest BCUT2D eigenvalue weighted by atomic mass is 9.82. The van der Waals surface area contributed by atoms with Gasteiger partial charge >= 0.3 is 5.97 Å². The number of hydroxylamine groups is 2. The van der Waals surface area contributed by atoms with Crippen molar-refractivity contribution in [3.05, 3.63) is 12.2 Å². The van der Waals surface area contributed by atoms with Gasteiger partial charge in [0.05, 0.1) is 25.0 Å². The van der Waals surface area contributed by atoms with Gasteiger partial charge in [0.2, 0.25) is 5.91 Å². The van der Waals surface area contributed by atoms with Crippen molar-refractivity contribution in [3.8, 4) is 0 Å². The van der Waals surface area contributed by atoms with Gasteiger partial charge in [0.15, 0.2) is 0 Å². The molecule has 88 valence electrons. The molecule has 1 fully saturated rings. The van der Waals surface area contributed by atoms with Crippen molar-refractivity contribution in [1.82, 2.24) is 5.06 Å². The maximum Gasteiger partial charge on any atom is 0.307 e. The number of allylic oxidation sites excluding steroid dienone is 2. The molecule has 1 N–H and O–H groups in total. The fourth-order valence-electron chi connectivity index (χ4n) is 2.17. The van der Waals surface area contributed by atoms with Gasteiger partial charge < -0.3 is 5.11 Å². The first-order valence-electron chi connectivity index (χ1n) is 5.52. The van der Waals surface area contributed by atoms with Gasteiger partial charge in [0.1, 0.15) is 0 Å². The van der Waals surface area contributed by atoms with Gasteiger partial charge in [0.25, 0.3) is 0 Å². The van der Waals surface area contributed by atoms with Gasteiger partial charge in [-0.05, 0) is 19.3 Å². The monoisotopic (exact) mass is 225 g/mol. The number of carbonyl (C=O) groups is 2. The van der Waals surface area contributed by atoms with Crippen molar-refractivity contribution in [2.24, 2.45) is 11.8 Å². The van der Waals surface area contributed by atoms with Crippen LogP contribution in [0, 0.1) is 11.8 Å². The first kappa shape index (κ1) is 11.1. The molecule has 0 spiro atoms. The highest BCUT2D eigenvalue weighted by molar-refractivity contribution is 5.84. The first-order chi connectivity index (χ1) is 7.70. The lowest BCUT2D eigenvalue weighted by Crippen LogP contribution is -2.39. The summed E-state index contributed by atoms with van der Waals surface area (Å²) in [5.41, 5.74) is 0. The third-order valence-corrected chi connectivity index (χ3v) is 3.07. The van der Waals surface area contributed by atoms with E-state index in [1.54, 1.807) is 0 Å². The van der Waals surface area contributed by atoms with Gasteiger partial charge in [-0.2, -0.15) is 0 Å². The van der Waals surface area contributed by atoms with Gasteiger partial charge in [-0.15, -0.1) is 0 Å². The molecule has 0 aromatic rings. The van der Waals surface area contributed by atoms with E-state index in [0.29, 0.717) is 26.0 Å². The molecule has 1 aliphatic carbocycles. The number of amides is 1. The molecule has 0 unspecified atom stereocenters. The molecule has 0 aromatic carbocycles. The molecular formula is C11H15NO4. The molecule has 0 aromatic heterocycles. The van der Waals surface area contributed by atoms with E-state index < -0.39 is 17.8 Å². The van der Waals surface area contributed by atoms with Crippen LogP contribution < -0.4 is 0 Å². The van der Waals surface area contributed by atoms with Crippen LogP contribution >= 0.6 is 0 Å². The highest BCUT2D eigenvalue weighted by Crippen LogP contribution is 2.28. The van der Waals surface area contributed by atoms with Crippen LogP contribution in [0.15, 0.2) is 12.2 Å². The Morgan fingerprint density at radius 2 is 1.94 bits per heavy atom. The van der Waals surface area contributed by atoms with E-state index in [0.717, 1.165) is 6.42 Å². The van der Waals surface area contributed by atoms with Crippen LogP contribution in [-0.2, 0) is 14.4 Å². The van der Waals surface area contributed by atoms with Crippen molar-refractivity contribution in [2.75, 3.05) is 13.2 Å². The summed E-state index contributed by atoms with van der Waals surface area (Å²) < 4.78 is 0. The number of nitrogens with zero attached hydrogens (tertiary/aromatic N) is 1. The molecule has 1 aliphatic heterocycles. The second-order valence-electron chi connectivity index (χ2n) is 4.12. The Kier molecular flexibility index (Phi) is 3.24. The van der Waals surface area contributed by atoms with E-state index in [4.69, 9.17) is 9.94 Å². The topological polar surface area (TPSA) is 66.8 Å². The van der Waals surface area contributed by atoms with E-state index in [1.807, 2.05) is 12.2 Å². The lowest BCUT2D eigenvalue weighted by Gasteiger charge is -2.27. The van der Waals surface area contributed by atoms with Crippen LogP contribution in [-0.4, -0.2) is 35.2 Å². The van der Waals surface area contributed by atoms with Gasteiger partial charge in [-0.1, -0.05) is 12.2 Å². The smallest absolute Gasteiger partial charge is 0.307 e. The van der Waals surface area contributed by atoms with Crippen molar-refractivity contribution in [3.63, 3.8) is 0 Å². The molecular weight excluding hydrogens is 210 g/mol. The van der Waals surface area contributed by atoms with E-state index in [2.05, 4.69) is 0 Å². The SMILES string of the molecule is O=C(O)[C@H]1CC=CC[C@H]1C(=O)N1CCCO1. The zero-order valence-electron chi connectivity index (χ0n) is 8.96. The number of aliphatic carboxylic acids is 1. The Labute approximate surface area is 93.6 Å². The highest BCUT2D eigenvalue weighted by atomic mass is 16.7. The molecule has 1 amide bonds. The Balaban J connectivity index is 2.08. The zero-order valence-corrected chi connectivity index (χ0v) is 8.96. The second-order valence-corrected chi connectivity index (χ2v) is 4.12. The summed E-state index contributed by atoms with van der Waals surface area (Å²) in [6, 6.07) is 0. The van der Waals surface area contributed by atoms with Crippen molar-refractivity contribution < 1.29 is 19.5 Å². The Morgan fingerprint density at radius 3 is 2.50 bits per heavy atom. The summed E-state index contributed by atoms with van der Waals surface area (Å²) in [7, 11) is 0. The average molecular weight is 225 g/mol. The van der Waals surface area contributed by atoms with Crippen molar-refractivity contribution >= 4 is 11.9 Å². The van der Waals surface area contributed by atoms with Crippen LogP contribution in [0.1, 0.15) is 19.3 Å². The number of carboxylic acids is 1. The summed E-state index contributed by atoms with van der Waals surface area (Å²) >= 11 is 0. The quantitative estimate of drug-likeness (QED) is 0.706. The molecule has 16 heavy (non-hydrogen) atoms. The Hall–Kier alpha value is -1.36. The molecule has 1 saturated heterocycles. The van der Waals surface area contributed by atoms with Crippen LogP contribution in [0.5, 0.6) is 0 Å². The molecule has 2 aliphatic rings. The maximum atomic E-state index is 12.0. The summed E-state index contributed by atoms with van der Waals surface area (Å²) in [4.78, 5) is 28.2. The fourth-order valence-corrected chi connectivity index (χ4v) is 2.17. The van der Waals surface area contributed by atoms with E-state index in [9.17, 15) is 9.59 Å². The second kappa shape index (κ2) is 4.65. The zero-order chi connectivity index (χ0) is 11.5. The minimum Gasteiger partial charge on any atom is -0.481 e. The fraction of sp³-hybridized carbons (Fsp3) is 0.636. The summed E-state index contributed by atoms with van der Waals surface area (Å²) in [5.74, 6) is -2.17. The highest BCUT2D eigenvalue weighted by Gasteiger charge is 2.37. The standard InChI is InChI=1S/C11H15NO4/c13-10(12-6-3-7-16-12)8-4-1-2-5-9(8)11(14)15/h1-2,8-9H,3-7H2,(H,14,15)/t8-,9+/m1/s1. The van der Waals surface area contributed by atoms with Gasteiger partial charge in [-0.3, -0.25) is 14.4 Å². The van der Waals surface area contributed by atoms with Gasteiger partial charge in [0, 0.05) is 0 Å². The molecule has 1 heterocycles. The molecule has 0 bridgehead atoms. The average Bonchev–Trinajstić information content (AvgIpc) is 2.81. The predicted molar refractivity (Wildman–Crippen MR) is 55.3 cm³/mol. The number of carbonyl (C=O) groups excluding carboxylic acids is 1. The first-order valence-corrected chi connectivity index (χ1v) is 5.52. The van der Waals surface area contributed by atoms with Crippen molar-refractivity contribution in [1.29, 1.82) is 0 Å². The van der Waals surface area contributed by atoms with Gasteiger partial charge in [-0.25, -0.2) is 5.06 Å². The van der Waals surface area contributed by atoms with Crippen LogP contribution in [0.4, 0.5) is 0 Å².